The van der Waals surface area contributed by atoms with E-state index >= 15 is 0 Å². The van der Waals surface area contributed by atoms with Gasteiger partial charge in [0, 0.05) is 15.2 Å². The SMILES string of the molecule is O=C(COC(=O)c1ccc(N2C(=O)C3C4CC(C(Br)C4Br)C3C2=O)cc1)c1ccc(OC(=O)c2ccc(Cl)c(Cl)c2)cc1. The maximum Gasteiger partial charge on any atom is 0.343 e. The van der Waals surface area contributed by atoms with E-state index in [-0.39, 0.29) is 72.6 Å². The van der Waals surface area contributed by atoms with Gasteiger partial charge >= 0.3 is 11.9 Å². The number of hydrogen-bond acceptors (Lipinski definition) is 7. The lowest BCUT2D eigenvalue weighted by molar-refractivity contribution is -0.123. The number of amides is 2. The van der Waals surface area contributed by atoms with Gasteiger partial charge in [-0.3, -0.25) is 19.3 Å². The van der Waals surface area contributed by atoms with Crippen LogP contribution in [0, 0.1) is 23.7 Å². The van der Waals surface area contributed by atoms with Gasteiger partial charge in [0.25, 0.3) is 0 Å². The van der Waals surface area contributed by atoms with Crippen molar-refractivity contribution in [2.75, 3.05) is 11.5 Å². The molecule has 2 saturated carbocycles. The minimum absolute atomic E-state index is 0.104. The van der Waals surface area contributed by atoms with Crippen molar-refractivity contribution in [3.8, 4) is 5.75 Å². The van der Waals surface area contributed by atoms with Crippen molar-refractivity contribution in [1.29, 1.82) is 0 Å². The van der Waals surface area contributed by atoms with Crippen LogP contribution in [0.4, 0.5) is 5.69 Å². The Balaban J connectivity index is 1.04. The lowest BCUT2D eigenvalue weighted by atomic mass is 9.81. The van der Waals surface area contributed by atoms with Gasteiger partial charge < -0.3 is 9.47 Å². The number of alkyl halides is 2. The summed E-state index contributed by atoms with van der Waals surface area (Å²) in [6.07, 6.45) is 0.841. The molecule has 0 spiro atoms. The summed E-state index contributed by atoms with van der Waals surface area (Å²) in [5.41, 5.74) is 1.03. The second-order valence-electron chi connectivity index (χ2n) is 10.6. The Bertz CT molecular complexity index is 1630. The first kappa shape index (κ1) is 30.0. The summed E-state index contributed by atoms with van der Waals surface area (Å²) in [5, 5.41) is 0.526. The van der Waals surface area contributed by atoms with Crippen molar-refractivity contribution in [3.63, 3.8) is 0 Å². The number of carbonyl (C=O) groups excluding carboxylic acids is 5. The molecule has 3 fully saturated rings. The Kier molecular flexibility index (Phi) is 8.23. The largest absolute Gasteiger partial charge is 0.454 e. The van der Waals surface area contributed by atoms with E-state index in [9.17, 15) is 24.0 Å². The molecule has 0 aromatic heterocycles. The van der Waals surface area contributed by atoms with E-state index in [2.05, 4.69) is 31.9 Å². The number of anilines is 1. The minimum Gasteiger partial charge on any atom is -0.454 e. The summed E-state index contributed by atoms with van der Waals surface area (Å²) in [6, 6.07) is 16.1. The normalized spacial score (nSPS) is 25.5. The molecule has 2 aliphatic carbocycles. The van der Waals surface area contributed by atoms with Crippen molar-refractivity contribution < 1.29 is 33.4 Å². The number of esters is 2. The third-order valence-electron chi connectivity index (χ3n) is 8.22. The van der Waals surface area contributed by atoms with Gasteiger partial charge in [-0.25, -0.2) is 9.59 Å². The standard InChI is InChI=1S/C31H21Br2Cl2NO7/c32-26-19-12-20(27(26)33)25-24(19)28(38)36(29(25)39)17-6-1-15(2-7-17)30(40)42-13-23(37)14-3-8-18(9-4-14)43-31(41)16-5-10-21(34)22(35)11-16/h1-11,19-20,24-27H,12-13H2. The van der Waals surface area contributed by atoms with E-state index in [1.54, 1.807) is 0 Å². The topological polar surface area (TPSA) is 107 Å². The maximum atomic E-state index is 13.2. The van der Waals surface area contributed by atoms with E-state index in [1.165, 1.54) is 71.6 Å². The van der Waals surface area contributed by atoms with E-state index in [4.69, 9.17) is 32.7 Å². The summed E-state index contributed by atoms with van der Waals surface area (Å²) >= 11 is 19.2. The van der Waals surface area contributed by atoms with Gasteiger partial charge in [-0.1, -0.05) is 55.1 Å². The van der Waals surface area contributed by atoms with Crippen LogP contribution < -0.4 is 9.64 Å². The van der Waals surface area contributed by atoms with Gasteiger partial charge in [-0.15, -0.1) is 0 Å². The first-order valence-corrected chi connectivity index (χ1v) is 15.9. The molecule has 1 saturated heterocycles. The summed E-state index contributed by atoms with van der Waals surface area (Å²) < 4.78 is 10.5. The highest BCUT2D eigenvalue weighted by molar-refractivity contribution is 9.12. The van der Waals surface area contributed by atoms with Crippen molar-refractivity contribution in [2.24, 2.45) is 23.7 Å². The van der Waals surface area contributed by atoms with Crippen LogP contribution in [0.3, 0.4) is 0 Å². The Labute approximate surface area is 272 Å². The molecule has 220 valence electrons. The number of nitrogens with zero attached hydrogens (tertiary/aromatic N) is 1. The van der Waals surface area contributed by atoms with Gasteiger partial charge in [0.15, 0.2) is 12.4 Å². The molecule has 6 unspecified atom stereocenters. The number of benzene rings is 3. The van der Waals surface area contributed by atoms with Gasteiger partial charge in [0.1, 0.15) is 5.75 Å². The van der Waals surface area contributed by atoms with Gasteiger partial charge in [0.05, 0.1) is 38.7 Å². The first-order chi connectivity index (χ1) is 20.5. The fraction of sp³-hybridized carbons (Fsp3) is 0.258. The number of rotatable bonds is 7. The zero-order chi connectivity index (χ0) is 30.6. The zero-order valence-electron chi connectivity index (χ0n) is 22.0. The molecule has 3 aromatic carbocycles. The highest BCUT2D eigenvalue weighted by Gasteiger charge is 2.66. The third-order valence-corrected chi connectivity index (χ3v) is 12.2. The van der Waals surface area contributed by atoms with Crippen LogP contribution in [-0.4, -0.2) is 45.8 Å². The summed E-state index contributed by atoms with van der Waals surface area (Å²) in [7, 11) is 0. The lowest BCUT2D eigenvalue weighted by Crippen LogP contribution is -2.37. The molecule has 43 heavy (non-hydrogen) atoms. The van der Waals surface area contributed by atoms with E-state index < -0.39 is 24.3 Å². The average molecular weight is 750 g/mol. The number of halogens is 4. The fourth-order valence-electron chi connectivity index (χ4n) is 6.15. The van der Waals surface area contributed by atoms with Crippen LogP contribution >= 0.6 is 55.1 Å². The highest BCUT2D eigenvalue weighted by Crippen LogP contribution is 2.60. The number of ketones is 1. The van der Waals surface area contributed by atoms with Crippen LogP contribution in [0.15, 0.2) is 66.7 Å². The smallest absolute Gasteiger partial charge is 0.343 e. The predicted octanol–water partition coefficient (Wildman–Crippen LogP) is 6.53. The molecule has 6 atom stereocenters. The third kappa shape index (κ3) is 5.43. The van der Waals surface area contributed by atoms with Crippen molar-refractivity contribution in [2.45, 2.75) is 16.1 Å². The minimum atomic E-state index is -0.731. The van der Waals surface area contributed by atoms with Crippen molar-refractivity contribution in [1.82, 2.24) is 0 Å². The number of ether oxygens (including phenoxy) is 2. The molecule has 0 radical (unpaired) electrons. The lowest BCUT2D eigenvalue weighted by Gasteiger charge is -2.28. The molecule has 2 bridgehead atoms. The van der Waals surface area contributed by atoms with Crippen LogP contribution in [-0.2, 0) is 14.3 Å². The second kappa shape index (κ2) is 11.8. The summed E-state index contributed by atoms with van der Waals surface area (Å²) in [5.74, 6) is -2.51. The number of carbonyl (C=O) groups is 5. The second-order valence-corrected chi connectivity index (χ2v) is 13.5. The summed E-state index contributed by atoms with van der Waals surface area (Å²) in [4.78, 5) is 65.6. The van der Waals surface area contributed by atoms with Crippen LogP contribution in [0.2, 0.25) is 10.0 Å². The zero-order valence-corrected chi connectivity index (χ0v) is 26.7. The molecule has 3 aromatic rings. The van der Waals surface area contributed by atoms with E-state index in [0.29, 0.717) is 10.7 Å². The molecular weight excluding hydrogens is 729 g/mol. The molecule has 8 nitrogen and oxygen atoms in total. The van der Waals surface area contributed by atoms with Gasteiger partial charge in [-0.2, -0.15) is 0 Å². The van der Waals surface area contributed by atoms with Gasteiger partial charge in [-0.05, 0) is 85.0 Å². The van der Waals surface area contributed by atoms with Crippen molar-refractivity contribution >= 4 is 90.3 Å². The highest BCUT2D eigenvalue weighted by atomic mass is 79.9. The monoisotopic (exact) mass is 747 g/mol. The van der Waals surface area contributed by atoms with E-state index in [1.807, 2.05) is 0 Å². The molecule has 1 aliphatic heterocycles. The molecule has 6 rings (SSSR count). The predicted molar refractivity (Wildman–Crippen MR) is 165 cm³/mol. The number of fused-ring (bicyclic) bond motifs is 5. The molecule has 0 N–H and O–H groups in total. The van der Waals surface area contributed by atoms with Crippen LogP contribution in [0.5, 0.6) is 5.75 Å². The summed E-state index contributed by atoms with van der Waals surface area (Å²) in [6.45, 7) is -0.514. The molecule has 3 aliphatic rings. The number of hydrogen-bond donors (Lipinski definition) is 0. The molecule has 1 heterocycles. The maximum absolute atomic E-state index is 13.2. The molecule has 12 heteroatoms. The number of Topliss-reactive ketones (excluding diaryl/α,β-unsaturated/α-hetero) is 1. The Morgan fingerprint density at radius 3 is 1.88 bits per heavy atom. The number of imide groups is 1. The van der Waals surface area contributed by atoms with Crippen LogP contribution in [0.25, 0.3) is 0 Å². The van der Waals surface area contributed by atoms with Gasteiger partial charge in [0.2, 0.25) is 11.8 Å². The Morgan fingerprint density at radius 1 is 0.744 bits per heavy atom. The Hall–Kier alpha value is -3.05. The molecule has 2 amide bonds. The first-order valence-electron chi connectivity index (χ1n) is 13.3. The molecular formula is C31H21Br2Cl2NO7. The van der Waals surface area contributed by atoms with Crippen LogP contribution in [0.1, 0.15) is 37.5 Å². The quantitative estimate of drug-likeness (QED) is 0.0889. The fourth-order valence-corrected chi connectivity index (χ4v) is 8.32. The van der Waals surface area contributed by atoms with Crippen molar-refractivity contribution in [3.05, 3.63) is 93.5 Å². The average Bonchev–Trinajstić information content (AvgIpc) is 3.62. The Morgan fingerprint density at radius 2 is 1.30 bits per heavy atom. The van der Waals surface area contributed by atoms with E-state index in [0.717, 1.165) is 6.42 Å².